The molecule has 0 heterocycles. The molecule has 0 saturated heterocycles. The van der Waals surface area contributed by atoms with E-state index >= 15 is 0 Å². The zero-order chi connectivity index (χ0) is 15.1. The van der Waals surface area contributed by atoms with Crippen molar-refractivity contribution >= 4 is 23.5 Å². The van der Waals surface area contributed by atoms with Crippen LogP contribution in [0.25, 0.3) is 0 Å². The first kappa shape index (κ1) is 16.9. The Hall–Kier alpha value is -3.06. The molecule has 0 fully saturated rings. The molecule has 0 unspecified atom stereocenters. The minimum Gasteiger partial charge on any atom is -0.211 e. The van der Waals surface area contributed by atoms with Gasteiger partial charge in [0.25, 0.3) is 0 Å². The molecule has 4 nitrogen and oxygen atoms in total. The molecule has 0 radical (unpaired) electrons. The van der Waals surface area contributed by atoms with Crippen molar-refractivity contribution in [1.29, 1.82) is 0 Å². The number of isocyanates is 2. The fraction of sp³-hybridized carbons (Fsp3) is 0. The number of para-hydroxylation sites is 2. The standard InChI is InChI=1S/2C7H5NO.C2H4/c2*9-6-8-7-4-2-1-3-5-7;1-2/h2*1-5H;1-2H2. The molecule has 0 bridgehead atoms. The van der Waals surface area contributed by atoms with Crippen molar-refractivity contribution in [1.82, 2.24) is 0 Å². The molecule has 0 spiro atoms. The van der Waals surface area contributed by atoms with Gasteiger partial charge in [-0.05, 0) is 24.3 Å². The van der Waals surface area contributed by atoms with Gasteiger partial charge in [-0.15, -0.1) is 13.2 Å². The van der Waals surface area contributed by atoms with Crippen LogP contribution >= 0.6 is 0 Å². The summed E-state index contributed by atoms with van der Waals surface area (Å²) in [5.41, 5.74) is 1.29. The maximum atomic E-state index is 9.68. The molecule has 2 aromatic carbocycles. The third-order valence-electron chi connectivity index (χ3n) is 1.86. The van der Waals surface area contributed by atoms with Crippen LogP contribution in [0.15, 0.2) is 83.8 Å². The van der Waals surface area contributed by atoms with Crippen molar-refractivity contribution in [3.05, 3.63) is 73.8 Å². The third-order valence-corrected chi connectivity index (χ3v) is 1.86. The fourth-order valence-electron chi connectivity index (χ4n) is 1.11. The lowest BCUT2D eigenvalue weighted by Gasteiger charge is -1.83. The molecule has 2 rings (SSSR count). The van der Waals surface area contributed by atoms with Crippen LogP contribution in [0.5, 0.6) is 0 Å². The maximum Gasteiger partial charge on any atom is 0.240 e. The number of hydrogen-bond acceptors (Lipinski definition) is 4. The molecule has 0 aliphatic rings. The number of benzene rings is 2. The van der Waals surface area contributed by atoms with Crippen LogP contribution < -0.4 is 0 Å². The summed E-state index contributed by atoms with van der Waals surface area (Å²) in [6, 6.07) is 18.0. The summed E-state index contributed by atoms with van der Waals surface area (Å²) in [6.07, 6.45) is 2.92. The Morgan fingerprint density at radius 1 is 0.650 bits per heavy atom. The molecule has 2 aromatic rings. The van der Waals surface area contributed by atoms with Crippen LogP contribution in [0.1, 0.15) is 0 Å². The summed E-state index contributed by atoms with van der Waals surface area (Å²) >= 11 is 0. The van der Waals surface area contributed by atoms with Crippen molar-refractivity contribution in [2.45, 2.75) is 0 Å². The average molecular weight is 266 g/mol. The second-order valence-electron chi connectivity index (χ2n) is 3.08. The van der Waals surface area contributed by atoms with Crippen LogP contribution in [0.4, 0.5) is 11.4 Å². The first-order valence-corrected chi connectivity index (χ1v) is 5.62. The highest BCUT2D eigenvalue weighted by Gasteiger charge is 1.80. The van der Waals surface area contributed by atoms with Gasteiger partial charge in [0.2, 0.25) is 12.2 Å². The summed E-state index contributed by atoms with van der Waals surface area (Å²) in [5.74, 6) is 0. The Balaban J connectivity index is 0.000000321. The van der Waals surface area contributed by atoms with Gasteiger partial charge in [0.1, 0.15) is 0 Å². The number of nitrogens with zero attached hydrogens (tertiary/aromatic N) is 2. The van der Waals surface area contributed by atoms with Crippen molar-refractivity contribution < 1.29 is 9.59 Å². The van der Waals surface area contributed by atoms with Crippen LogP contribution in [0.2, 0.25) is 0 Å². The minimum absolute atomic E-state index is 0.646. The minimum atomic E-state index is 0.646. The first-order valence-electron chi connectivity index (χ1n) is 5.62. The molecule has 0 aliphatic heterocycles. The SMILES string of the molecule is C=C.O=C=Nc1ccccc1.O=C=Nc1ccccc1. The zero-order valence-electron chi connectivity index (χ0n) is 10.9. The molecule has 0 aromatic heterocycles. The monoisotopic (exact) mass is 266 g/mol. The van der Waals surface area contributed by atoms with Crippen molar-refractivity contribution in [3.63, 3.8) is 0 Å². The van der Waals surface area contributed by atoms with Gasteiger partial charge in [-0.2, -0.15) is 9.98 Å². The Labute approximate surface area is 117 Å². The van der Waals surface area contributed by atoms with Crippen molar-refractivity contribution in [2.24, 2.45) is 9.98 Å². The Morgan fingerprint density at radius 3 is 1.20 bits per heavy atom. The summed E-state index contributed by atoms with van der Waals surface area (Å²) in [5, 5.41) is 0. The number of aliphatic imine (C=N–C) groups is 2. The van der Waals surface area contributed by atoms with E-state index in [9.17, 15) is 9.59 Å². The second-order valence-corrected chi connectivity index (χ2v) is 3.08. The molecule has 0 aliphatic carbocycles. The molecule has 100 valence electrons. The van der Waals surface area contributed by atoms with Gasteiger partial charge in [0.05, 0.1) is 11.4 Å². The van der Waals surface area contributed by atoms with Gasteiger partial charge >= 0.3 is 0 Å². The fourth-order valence-corrected chi connectivity index (χ4v) is 1.11. The van der Waals surface area contributed by atoms with E-state index < -0.39 is 0 Å². The van der Waals surface area contributed by atoms with E-state index in [-0.39, 0.29) is 0 Å². The lowest BCUT2D eigenvalue weighted by molar-refractivity contribution is 0.564. The lowest BCUT2D eigenvalue weighted by atomic mass is 10.3. The van der Waals surface area contributed by atoms with E-state index in [4.69, 9.17) is 0 Å². The van der Waals surface area contributed by atoms with E-state index in [2.05, 4.69) is 23.1 Å². The normalized spacial score (nSPS) is 7.40. The highest BCUT2D eigenvalue weighted by molar-refractivity contribution is 5.48. The van der Waals surface area contributed by atoms with E-state index in [1.165, 1.54) is 12.2 Å². The Morgan fingerprint density at radius 2 is 0.950 bits per heavy atom. The van der Waals surface area contributed by atoms with Gasteiger partial charge in [-0.1, -0.05) is 36.4 Å². The molecular formula is C16H14N2O2. The lowest BCUT2D eigenvalue weighted by Crippen LogP contribution is -1.59. The molecule has 4 heteroatoms. The quantitative estimate of drug-likeness (QED) is 0.466. The van der Waals surface area contributed by atoms with E-state index in [1.807, 2.05) is 36.4 Å². The summed E-state index contributed by atoms with van der Waals surface area (Å²) in [6.45, 7) is 6.00. The molecule has 0 N–H and O–H groups in total. The summed E-state index contributed by atoms with van der Waals surface area (Å²) in [4.78, 5) is 26.2. The van der Waals surface area contributed by atoms with Crippen LogP contribution in [-0.2, 0) is 9.59 Å². The van der Waals surface area contributed by atoms with Crippen LogP contribution in [0, 0.1) is 0 Å². The predicted molar refractivity (Wildman–Crippen MR) is 79.7 cm³/mol. The number of rotatable bonds is 2. The molecular weight excluding hydrogens is 252 g/mol. The number of carbonyl (C=O) groups excluding carboxylic acids is 2. The van der Waals surface area contributed by atoms with E-state index in [0.29, 0.717) is 11.4 Å². The Kier molecular flexibility index (Phi) is 10.5. The number of hydrogen-bond donors (Lipinski definition) is 0. The summed E-state index contributed by atoms with van der Waals surface area (Å²) < 4.78 is 0. The molecule has 20 heavy (non-hydrogen) atoms. The maximum absolute atomic E-state index is 9.68. The van der Waals surface area contributed by atoms with Crippen LogP contribution in [-0.4, -0.2) is 12.2 Å². The van der Waals surface area contributed by atoms with Crippen molar-refractivity contribution in [2.75, 3.05) is 0 Å². The van der Waals surface area contributed by atoms with E-state index in [0.717, 1.165) is 0 Å². The zero-order valence-corrected chi connectivity index (χ0v) is 10.9. The Bertz CT molecular complexity index is 516. The van der Waals surface area contributed by atoms with Gasteiger partial charge in [-0.3, -0.25) is 0 Å². The van der Waals surface area contributed by atoms with Gasteiger partial charge in [-0.25, -0.2) is 9.59 Å². The summed E-state index contributed by atoms with van der Waals surface area (Å²) in [7, 11) is 0. The van der Waals surface area contributed by atoms with Gasteiger partial charge < -0.3 is 0 Å². The van der Waals surface area contributed by atoms with Gasteiger partial charge in [0, 0.05) is 0 Å². The first-order chi connectivity index (χ1) is 9.86. The molecule has 0 amide bonds. The third kappa shape index (κ3) is 8.09. The molecule has 0 saturated carbocycles. The van der Waals surface area contributed by atoms with Crippen LogP contribution in [0.3, 0.4) is 0 Å². The smallest absolute Gasteiger partial charge is 0.211 e. The van der Waals surface area contributed by atoms with Gasteiger partial charge in [0.15, 0.2) is 0 Å². The topological polar surface area (TPSA) is 58.9 Å². The highest BCUT2D eigenvalue weighted by atomic mass is 16.1. The second kappa shape index (κ2) is 12.4. The highest BCUT2D eigenvalue weighted by Crippen LogP contribution is 2.07. The molecule has 0 atom stereocenters. The largest absolute Gasteiger partial charge is 0.240 e. The van der Waals surface area contributed by atoms with Crippen molar-refractivity contribution in [3.8, 4) is 0 Å². The predicted octanol–water partition coefficient (Wildman–Crippen LogP) is 4.11. The average Bonchev–Trinajstić information content (AvgIpc) is 2.53. The van der Waals surface area contributed by atoms with E-state index in [1.54, 1.807) is 24.3 Å².